The Bertz CT molecular complexity index is 616. The predicted molar refractivity (Wildman–Crippen MR) is 90.7 cm³/mol. The molecule has 1 atom stereocenters. The van der Waals surface area contributed by atoms with E-state index in [1.807, 2.05) is 12.1 Å². The normalized spacial score (nSPS) is 21.8. The number of aromatic nitrogens is 3. The van der Waals surface area contributed by atoms with Gasteiger partial charge >= 0.3 is 0 Å². The van der Waals surface area contributed by atoms with Gasteiger partial charge in [0.05, 0.1) is 5.69 Å². The first-order valence-corrected chi connectivity index (χ1v) is 7.53. The van der Waals surface area contributed by atoms with Crippen LogP contribution in [0.25, 0.3) is 5.69 Å². The lowest BCUT2D eigenvalue weighted by atomic mass is 9.90. The molecular weight excluding hydrogens is 321 g/mol. The minimum atomic E-state index is 0. The van der Waals surface area contributed by atoms with Gasteiger partial charge in [0.15, 0.2) is 0 Å². The first kappa shape index (κ1) is 17.2. The number of nitrogens with zero attached hydrogens (tertiary/aromatic N) is 4. The van der Waals surface area contributed by atoms with Gasteiger partial charge in [-0.15, -0.1) is 12.4 Å². The third-order valence-corrected chi connectivity index (χ3v) is 4.47. The molecule has 0 bridgehead atoms. The van der Waals surface area contributed by atoms with Gasteiger partial charge in [-0.05, 0) is 42.6 Å². The van der Waals surface area contributed by atoms with E-state index in [0.717, 1.165) is 38.3 Å². The Balaban J connectivity index is 0.00000176. The number of nitrogens with two attached hydrogens (primary N) is 1. The number of rotatable bonds is 4. The lowest BCUT2D eigenvalue weighted by molar-refractivity contribution is 0.274. The fourth-order valence-electron chi connectivity index (χ4n) is 2.89. The molecule has 3 rings (SSSR count). The molecule has 2 aromatic rings. The summed E-state index contributed by atoms with van der Waals surface area (Å²) in [6, 6.07) is 5.93. The largest absolute Gasteiger partial charge is 0.330 e. The second-order valence-electron chi connectivity index (χ2n) is 6.09. The smallest absolute Gasteiger partial charge is 0.138 e. The van der Waals surface area contributed by atoms with Gasteiger partial charge in [-0.1, -0.05) is 24.6 Å². The van der Waals surface area contributed by atoms with E-state index in [-0.39, 0.29) is 17.8 Å². The Morgan fingerprint density at radius 3 is 2.86 bits per heavy atom. The molecule has 0 saturated carbocycles. The summed E-state index contributed by atoms with van der Waals surface area (Å²) >= 11 is 6.13. The molecule has 1 fully saturated rings. The van der Waals surface area contributed by atoms with Crippen LogP contribution in [0.4, 0.5) is 0 Å². The third kappa shape index (κ3) is 3.60. The maximum Gasteiger partial charge on any atom is 0.138 e. The van der Waals surface area contributed by atoms with Crippen molar-refractivity contribution in [3.05, 3.63) is 41.4 Å². The van der Waals surface area contributed by atoms with Crippen LogP contribution in [0.15, 0.2) is 30.9 Å². The molecule has 0 aliphatic carbocycles. The molecule has 1 aliphatic rings. The molecule has 2 heterocycles. The second-order valence-corrected chi connectivity index (χ2v) is 6.52. The summed E-state index contributed by atoms with van der Waals surface area (Å²) in [5, 5.41) is 4.92. The molecule has 1 aliphatic heterocycles. The number of halogens is 2. The molecule has 0 spiro atoms. The average Bonchev–Trinajstić information content (AvgIpc) is 3.11. The van der Waals surface area contributed by atoms with Crippen molar-refractivity contribution in [3.8, 4) is 5.69 Å². The van der Waals surface area contributed by atoms with Gasteiger partial charge in [-0.2, -0.15) is 5.10 Å². The molecule has 1 saturated heterocycles. The highest BCUT2D eigenvalue weighted by Gasteiger charge is 2.32. The fraction of sp³-hybridized carbons (Fsp3) is 0.467. The Kier molecular flexibility index (Phi) is 5.45. The minimum absolute atomic E-state index is 0. The number of hydrogen-bond donors (Lipinski definition) is 1. The lowest BCUT2D eigenvalue weighted by Gasteiger charge is -2.23. The van der Waals surface area contributed by atoms with Crippen LogP contribution in [0.1, 0.15) is 18.9 Å². The van der Waals surface area contributed by atoms with Crippen LogP contribution in [0, 0.1) is 5.41 Å². The van der Waals surface area contributed by atoms with E-state index in [4.69, 9.17) is 17.3 Å². The lowest BCUT2D eigenvalue weighted by Crippen LogP contribution is -2.31. The summed E-state index contributed by atoms with van der Waals surface area (Å²) in [5.41, 5.74) is 8.31. The number of likely N-dealkylation sites (tertiary alicyclic amines) is 1. The summed E-state index contributed by atoms with van der Waals surface area (Å²) in [7, 11) is 0. The zero-order valence-electron chi connectivity index (χ0n) is 12.6. The molecule has 1 aromatic carbocycles. The molecular formula is C15H21Cl2N5. The quantitative estimate of drug-likeness (QED) is 0.928. The molecule has 2 N–H and O–H groups in total. The van der Waals surface area contributed by atoms with Gasteiger partial charge in [-0.3, -0.25) is 4.90 Å². The predicted octanol–water partition coefficient (Wildman–Crippen LogP) is 2.51. The van der Waals surface area contributed by atoms with Gasteiger partial charge in [0.25, 0.3) is 0 Å². The van der Waals surface area contributed by atoms with Crippen molar-refractivity contribution in [1.82, 2.24) is 19.7 Å². The van der Waals surface area contributed by atoms with E-state index in [2.05, 4.69) is 28.0 Å². The van der Waals surface area contributed by atoms with E-state index < -0.39 is 0 Å². The fourth-order valence-corrected chi connectivity index (χ4v) is 3.05. The molecule has 0 amide bonds. The van der Waals surface area contributed by atoms with Gasteiger partial charge < -0.3 is 5.73 Å². The van der Waals surface area contributed by atoms with Crippen LogP contribution in [-0.2, 0) is 6.54 Å². The van der Waals surface area contributed by atoms with Crippen LogP contribution in [0.5, 0.6) is 0 Å². The standard InChI is InChI=1S/C15H20ClN5.ClH/c1-15(8-17)4-5-20(9-15)7-12-2-3-13(16)6-14(12)21-11-18-10-19-21;/h2-3,6,10-11H,4-5,7-9,17H2,1H3;1H. The van der Waals surface area contributed by atoms with Crippen LogP contribution in [0.2, 0.25) is 5.02 Å². The van der Waals surface area contributed by atoms with Crippen molar-refractivity contribution in [1.29, 1.82) is 0 Å². The minimum Gasteiger partial charge on any atom is -0.330 e. The van der Waals surface area contributed by atoms with Crippen LogP contribution < -0.4 is 5.73 Å². The topological polar surface area (TPSA) is 60.0 Å². The monoisotopic (exact) mass is 341 g/mol. The summed E-state index contributed by atoms with van der Waals surface area (Å²) in [6.07, 6.45) is 4.38. The average molecular weight is 342 g/mol. The Morgan fingerprint density at radius 2 is 2.23 bits per heavy atom. The summed E-state index contributed by atoms with van der Waals surface area (Å²) < 4.78 is 1.76. The first-order valence-electron chi connectivity index (χ1n) is 7.15. The molecule has 120 valence electrons. The van der Waals surface area contributed by atoms with Gasteiger partial charge in [0.2, 0.25) is 0 Å². The van der Waals surface area contributed by atoms with Crippen molar-refractivity contribution in [3.63, 3.8) is 0 Å². The van der Waals surface area contributed by atoms with E-state index in [1.165, 1.54) is 11.9 Å². The van der Waals surface area contributed by atoms with E-state index in [9.17, 15) is 0 Å². The number of hydrogen-bond acceptors (Lipinski definition) is 4. The zero-order valence-corrected chi connectivity index (χ0v) is 14.1. The van der Waals surface area contributed by atoms with Crippen LogP contribution in [-0.4, -0.2) is 39.3 Å². The summed E-state index contributed by atoms with van der Waals surface area (Å²) in [6.45, 7) is 5.98. The Hall–Kier alpha value is -1.14. The van der Waals surface area contributed by atoms with Crippen LogP contribution in [0.3, 0.4) is 0 Å². The van der Waals surface area contributed by atoms with Crippen LogP contribution >= 0.6 is 24.0 Å². The highest BCUT2D eigenvalue weighted by atomic mass is 35.5. The maximum absolute atomic E-state index is 6.13. The van der Waals surface area contributed by atoms with Crippen molar-refractivity contribution < 1.29 is 0 Å². The van der Waals surface area contributed by atoms with E-state index in [0.29, 0.717) is 5.02 Å². The van der Waals surface area contributed by atoms with Crippen molar-refractivity contribution in [2.75, 3.05) is 19.6 Å². The maximum atomic E-state index is 6.13. The molecule has 0 radical (unpaired) electrons. The van der Waals surface area contributed by atoms with Gasteiger partial charge in [-0.25, -0.2) is 9.67 Å². The summed E-state index contributed by atoms with van der Waals surface area (Å²) in [4.78, 5) is 6.46. The third-order valence-electron chi connectivity index (χ3n) is 4.24. The van der Waals surface area contributed by atoms with E-state index >= 15 is 0 Å². The Labute approximate surface area is 141 Å². The summed E-state index contributed by atoms with van der Waals surface area (Å²) in [5.74, 6) is 0. The molecule has 1 aromatic heterocycles. The molecule has 7 heteroatoms. The van der Waals surface area contributed by atoms with E-state index in [1.54, 1.807) is 11.0 Å². The SMILES string of the molecule is CC1(CN)CCN(Cc2ccc(Cl)cc2-n2cncn2)C1.Cl. The highest BCUT2D eigenvalue weighted by Crippen LogP contribution is 2.30. The molecule has 22 heavy (non-hydrogen) atoms. The molecule has 5 nitrogen and oxygen atoms in total. The second kappa shape index (κ2) is 6.96. The van der Waals surface area contributed by atoms with Gasteiger partial charge in [0.1, 0.15) is 12.7 Å². The molecule has 1 unspecified atom stereocenters. The zero-order chi connectivity index (χ0) is 14.9. The highest BCUT2D eigenvalue weighted by molar-refractivity contribution is 6.30. The number of benzene rings is 1. The Morgan fingerprint density at radius 1 is 1.41 bits per heavy atom. The van der Waals surface area contributed by atoms with Crippen molar-refractivity contribution in [2.45, 2.75) is 19.9 Å². The first-order chi connectivity index (χ1) is 10.1. The van der Waals surface area contributed by atoms with Crippen molar-refractivity contribution in [2.24, 2.45) is 11.1 Å². The van der Waals surface area contributed by atoms with Gasteiger partial charge in [0, 0.05) is 18.1 Å². The van der Waals surface area contributed by atoms with Crippen molar-refractivity contribution >= 4 is 24.0 Å².